The van der Waals surface area contributed by atoms with Crippen molar-refractivity contribution < 1.29 is 14.7 Å². The van der Waals surface area contributed by atoms with Crippen molar-refractivity contribution in [3.63, 3.8) is 0 Å². The van der Waals surface area contributed by atoms with E-state index in [1.54, 1.807) is 23.1 Å². The number of aromatic nitrogens is 1. The minimum Gasteiger partial charge on any atom is -0.480 e. The molecule has 0 aliphatic carbocycles. The highest BCUT2D eigenvalue weighted by Gasteiger charge is 2.38. The molecule has 2 aromatic carbocycles. The van der Waals surface area contributed by atoms with Gasteiger partial charge in [-0.05, 0) is 80.4 Å². The number of rotatable bonds is 5. The number of carboxylic acids is 1. The fourth-order valence-corrected chi connectivity index (χ4v) is 6.35. The van der Waals surface area contributed by atoms with E-state index in [4.69, 9.17) is 23.2 Å². The molecule has 3 N–H and O–H groups in total. The fraction of sp³-hybridized carbons (Fsp3) is 0.407. The van der Waals surface area contributed by atoms with Gasteiger partial charge in [0.2, 0.25) is 0 Å². The lowest BCUT2D eigenvalue weighted by Gasteiger charge is -2.41. The lowest BCUT2D eigenvalue weighted by molar-refractivity contribution is -0.146. The average molecular weight is 529 g/mol. The molecule has 3 heterocycles. The van der Waals surface area contributed by atoms with Crippen molar-refractivity contribution >= 4 is 51.8 Å². The molecule has 9 heteroatoms. The number of urea groups is 1. The van der Waals surface area contributed by atoms with Gasteiger partial charge < -0.3 is 20.3 Å². The van der Waals surface area contributed by atoms with Crippen LogP contribution in [-0.2, 0) is 4.79 Å². The second kappa shape index (κ2) is 10.7. The van der Waals surface area contributed by atoms with Crippen LogP contribution in [0, 0.1) is 5.92 Å². The summed E-state index contributed by atoms with van der Waals surface area (Å²) < 4.78 is 0. The van der Waals surface area contributed by atoms with Crippen LogP contribution in [0.25, 0.3) is 10.9 Å². The number of halogens is 2. The molecule has 7 nitrogen and oxygen atoms in total. The Hall–Kier alpha value is -2.74. The van der Waals surface area contributed by atoms with Gasteiger partial charge in [-0.3, -0.25) is 9.69 Å². The lowest BCUT2D eigenvalue weighted by atomic mass is 9.84. The third-order valence-electron chi connectivity index (χ3n) is 7.62. The molecule has 0 spiro atoms. The zero-order chi connectivity index (χ0) is 25.2. The summed E-state index contributed by atoms with van der Waals surface area (Å²) in [5, 5.41) is 15.1. The third kappa shape index (κ3) is 5.33. The molecule has 1 aromatic heterocycles. The molecule has 1 unspecified atom stereocenters. The highest BCUT2D eigenvalue weighted by Crippen LogP contribution is 2.35. The smallest absolute Gasteiger partial charge is 0.321 e. The zero-order valence-electron chi connectivity index (χ0n) is 19.9. The van der Waals surface area contributed by atoms with Crippen LogP contribution in [-0.4, -0.2) is 64.1 Å². The molecule has 190 valence electrons. The van der Waals surface area contributed by atoms with Gasteiger partial charge in [0.25, 0.3) is 0 Å². The molecule has 1 atom stereocenters. The lowest BCUT2D eigenvalue weighted by Crippen LogP contribution is -2.52. The number of carbonyl (C=O) groups is 2. The SMILES string of the molecule is O=C(O)C(C1CCN(C(=O)Nc2cc(Cl)cc(Cl)c2)CC1)N1CCC(c2c[nH]c3ccccc23)CC1. The van der Waals surface area contributed by atoms with Crippen LogP contribution >= 0.6 is 23.2 Å². The second-order valence-electron chi connectivity index (χ2n) is 9.80. The predicted octanol–water partition coefficient (Wildman–Crippen LogP) is 6.05. The van der Waals surface area contributed by atoms with Crippen LogP contribution < -0.4 is 5.32 Å². The van der Waals surface area contributed by atoms with Gasteiger partial charge in [0.1, 0.15) is 6.04 Å². The molecule has 0 bridgehead atoms. The number of carboxylic acid groups (broad SMARTS) is 1. The summed E-state index contributed by atoms with van der Waals surface area (Å²) in [5.41, 5.74) is 3.02. The van der Waals surface area contributed by atoms with Gasteiger partial charge in [-0.1, -0.05) is 41.4 Å². The average Bonchev–Trinajstić information content (AvgIpc) is 3.28. The van der Waals surface area contributed by atoms with Crippen molar-refractivity contribution in [1.82, 2.24) is 14.8 Å². The molecule has 2 saturated heterocycles. The van der Waals surface area contributed by atoms with E-state index in [2.05, 4.69) is 39.6 Å². The number of hydrogen-bond donors (Lipinski definition) is 3. The summed E-state index contributed by atoms with van der Waals surface area (Å²) in [4.78, 5) is 32.3. The van der Waals surface area contributed by atoms with Crippen LogP contribution in [0.1, 0.15) is 37.2 Å². The number of H-pyrrole nitrogens is 1. The highest BCUT2D eigenvalue weighted by atomic mass is 35.5. The Morgan fingerprint density at radius 1 is 0.972 bits per heavy atom. The number of aromatic amines is 1. The van der Waals surface area contributed by atoms with Crippen LogP contribution in [0.2, 0.25) is 10.0 Å². The Labute approximate surface area is 220 Å². The minimum atomic E-state index is -0.767. The molecule has 2 fully saturated rings. The van der Waals surface area contributed by atoms with Crippen LogP contribution in [0.15, 0.2) is 48.7 Å². The van der Waals surface area contributed by atoms with Gasteiger partial charge in [0.05, 0.1) is 0 Å². The minimum absolute atomic E-state index is 0.0109. The monoisotopic (exact) mass is 528 g/mol. The highest BCUT2D eigenvalue weighted by molar-refractivity contribution is 6.35. The van der Waals surface area contributed by atoms with Crippen molar-refractivity contribution in [2.75, 3.05) is 31.5 Å². The number of anilines is 1. The molecular formula is C27H30Cl2N4O3. The number of aliphatic carboxylic acids is 1. The fourth-order valence-electron chi connectivity index (χ4n) is 5.82. The predicted molar refractivity (Wildman–Crippen MR) is 143 cm³/mol. The van der Waals surface area contributed by atoms with E-state index < -0.39 is 12.0 Å². The number of hydrogen-bond acceptors (Lipinski definition) is 3. The molecule has 2 amide bonds. The van der Waals surface area contributed by atoms with Gasteiger partial charge in [0, 0.05) is 45.9 Å². The zero-order valence-corrected chi connectivity index (χ0v) is 21.4. The number of nitrogens with one attached hydrogen (secondary N) is 2. The van der Waals surface area contributed by atoms with Crippen molar-refractivity contribution in [3.05, 3.63) is 64.3 Å². The number of piperidine rings is 2. The van der Waals surface area contributed by atoms with Gasteiger partial charge in [-0.2, -0.15) is 0 Å². The first-order valence-electron chi connectivity index (χ1n) is 12.4. The Bertz CT molecular complexity index is 1230. The summed E-state index contributed by atoms with van der Waals surface area (Å²) in [6.45, 7) is 2.55. The maximum absolute atomic E-state index is 12.7. The largest absolute Gasteiger partial charge is 0.480 e. The molecular weight excluding hydrogens is 499 g/mol. The maximum Gasteiger partial charge on any atom is 0.321 e. The standard InChI is InChI=1S/C27H30Cl2N4O3/c28-19-13-20(29)15-21(14-19)31-27(36)33-11-7-18(8-12-33)25(26(34)35)32-9-5-17(6-10-32)23-16-30-24-4-2-1-3-22(23)24/h1-4,13-18,25,30H,5-12H2,(H,31,36)(H,34,35). The maximum atomic E-state index is 12.7. The van der Waals surface area contributed by atoms with Crippen molar-refractivity contribution in [2.45, 2.75) is 37.6 Å². The quantitative estimate of drug-likeness (QED) is 0.376. The number of benzene rings is 2. The summed E-state index contributed by atoms with van der Waals surface area (Å²) >= 11 is 12.1. The van der Waals surface area contributed by atoms with Gasteiger partial charge in [-0.25, -0.2) is 4.79 Å². The van der Waals surface area contributed by atoms with E-state index in [-0.39, 0.29) is 11.9 Å². The Morgan fingerprint density at radius 2 is 1.64 bits per heavy atom. The van der Waals surface area contributed by atoms with Crippen molar-refractivity contribution in [2.24, 2.45) is 5.92 Å². The van der Waals surface area contributed by atoms with Crippen LogP contribution in [0.5, 0.6) is 0 Å². The van der Waals surface area contributed by atoms with Gasteiger partial charge in [0.15, 0.2) is 0 Å². The van der Waals surface area contributed by atoms with Crippen molar-refractivity contribution in [1.29, 1.82) is 0 Å². The molecule has 0 radical (unpaired) electrons. The first kappa shape index (κ1) is 24.9. The van der Waals surface area contributed by atoms with Gasteiger partial charge >= 0.3 is 12.0 Å². The molecule has 2 aliphatic rings. The summed E-state index contributed by atoms with van der Waals surface area (Å²) in [5.74, 6) is -0.328. The molecule has 3 aromatic rings. The van der Waals surface area contributed by atoms with Crippen LogP contribution in [0.3, 0.4) is 0 Å². The summed E-state index contributed by atoms with van der Waals surface area (Å²) in [6, 6.07) is 12.5. The summed E-state index contributed by atoms with van der Waals surface area (Å²) in [7, 11) is 0. The molecule has 5 rings (SSSR count). The first-order chi connectivity index (χ1) is 17.4. The van der Waals surface area contributed by atoms with E-state index in [1.165, 1.54) is 10.9 Å². The first-order valence-corrected chi connectivity index (χ1v) is 13.2. The molecule has 0 saturated carbocycles. The topological polar surface area (TPSA) is 88.7 Å². The normalized spacial score (nSPS) is 18.9. The van der Waals surface area contributed by atoms with Crippen molar-refractivity contribution in [3.8, 4) is 0 Å². The number of fused-ring (bicyclic) bond motifs is 1. The molecule has 2 aliphatic heterocycles. The number of likely N-dealkylation sites (tertiary alicyclic amines) is 2. The van der Waals surface area contributed by atoms with E-state index in [0.29, 0.717) is 47.6 Å². The van der Waals surface area contributed by atoms with E-state index in [0.717, 1.165) is 31.4 Å². The summed E-state index contributed by atoms with van der Waals surface area (Å²) in [6.07, 6.45) is 5.30. The third-order valence-corrected chi connectivity index (χ3v) is 8.06. The molecule has 36 heavy (non-hydrogen) atoms. The Kier molecular flexibility index (Phi) is 7.42. The van der Waals surface area contributed by atoms with E-state index >= 15 is 0 Å². The Morgan fingerprint density at radius 3 is 2.31 bits per heavy atom. The van der Waals surface area contributed by atoms with E-state index in [1.807, 2.05) is 6.07 Å². The number of carbonyl (C=O) groups excluding carboxylic acids is 1. The second-order valence-corrected chi connectivity index (χ2v) is 10.7. The Balaban J connectivity index is 1.17. The van der Waals surface area contributed by atoms with Gasteiger partial charge in [-0.15, -0.1) is 0 Å². The number of para-hydroxylation sites is 1. The number of amides is 2. The van der Waals surface area contributed by atoms with E-state index in [9.17, 15) is 14.7 Å². The van der Waals surface area contributed by atoms with Crippen LogP contribution in [0.4, 0.5) is 10.5 Å². The number of nitrogens with zero attached hydrogens (tertiary/aromatic N) is 2.